The Labute approximate surface area is 180 Å². The number of rotatable bonds is 4. The van der Waals surface area contributed by atoms with E-state index in [1.54, 1.807) is 18.3 Å². The van der Waals surface area contributed by atoms with Crippen LogP contribution in [-0.4, -0.2) is 52.3 Å². The minimum absolute atomic E-state index is 0.340. The molecule has 1 aliphatic rings. The van der Waals surface area contributed by atoms with Gasteiger partial charge in [-0.3, -0.25) is 15.1 Å². The van der Waals surface area contributed by atoms with E-state index in [9.17, 15) is 4.39 Å². The third kappa shape index (κ3) is 3.65. The third-order valence-corrected chi connectivity index (χ3v) is 6.05. The van der Waals surface area contributed by atoms with Gasteiger partial charge in [0.15, 0.2) is 0 Å². The van der Waals surface area contributed by atoms with Crippen LogP contribution in [0.1, 0.15) is 24.5 Å². The molecule has 1 saturated heterocycles. The van der Waals surface area contributed by atoms with Gasteiger partial charge in [-0.25, -0.2) is 4.39 Å². The van der Waals surface area contributed by atoms with Gasteiger partial charge in [0, 0.05) is 17.0 Å². The lowest BCUT2D eigenvalue weighted by molar-refractivity contribution is 0.253. The lowest BCUT2D eigenvalue weighted by Crippen LogP contribution is -2.29. The van der Waals surface area contributed by atoms with Crippen LogP contribution in [0.5, 0.6) is 5.75 Å². The first-order valence-corrected chi connectivity index (χ1v) is 10.5. The molecule has 31 heavy (non-hydrogen) atoms. The summed E-state index contributed by atoms with van der Waals surface area (Å²) in [5, 5.41) is 8.38. The van der Waals surface area contributed by atoms with E-state index in [1.807, 2.05) is 18.2 Å². The summed E-state index contributed by atoms with van der Waals surface area (Å²) >= 11 is 0. The molecule has 0 saturated carbocycles. The smallest absolute Gasteiger partial charge is 0.136 e. The Kier molecular flexibility index (Phi) is 5.11. The summed E-state index contributed by atoms with van der Waals surface area (Å²) < 4.78 is 20.0. The number of hydrogen-bond donors (Lipinski definition) is 1. The number of nitrogens with one attached hydrogen (secondary N) is 1. The highest BCUT2D eigenvalue weighted by Crippen LogP contribution is 2.35. The standard InChI is InChI=1S/C24H24FN5O/c1-30-11-9-15(10-12-30)18-6-4-7-19(27-18)24-16-13-20(26-14-21(16)28-29-24)23-17(25)5-3-8-22(23)31-2/h3-8,13-15H,9-12H2,1-2H3,(H,28,29). The molecule has 6 nitrogen and oxygen atoms in total. The highest BCUT2D eigenvalue weighted by molar-refractivity contribution is 5.94. The number of halogens is 1. The van der Waals surface area contributed by atoms with Crippen LogP contribution < -0.4 is 4.74 Å². The van der Waals surface area contributed by atoms with Crippen LogP contribution in [0.15, 0.2) is 48.7 Å². The number of hydrogen-bond acceptors (Lipinski definition) is 5. The zero-order valence-corrected chi connectivity index (χ0v) is 17.6. The summed E-state index contributed by atoms with van der Waals surface area (Å²) in [4.78, 5) is 11.7. The van der Waals surface area contributed by atoms with Crippen LogP contribution >= 0.6 is 0 Å². The van der Waals surface area contributed by atoms with Gasteiger partial charge >= 0.3 is 0 Å². The SMILES string of the molecule is COc1cccc(F)c1-c1cc2c(-c3cccc(C4CCN(C)CC4)n3)n[nH]c2cn1. The first kappa shape index (κ1) is 19.6. The first-order chi connectivity index (χ1) is 15.1. The number of ether oxygens (including phenoxy) is 1. The van der Waals surface area contributed by atoms with Crippen molar-refractivity contribution >= 4 is 10.9 Å². The van der Waals surface area contributed by atoms with E-state index in [4.69, 9.17) is 9.72 Å². The van der Waals surface area contributed by atoms with E-state index in [0.717, 1.165) is 53.9 Å². The molecule has 0 unspecified atom stereocenters. The van der Waals surface area contributed by atoms with Gasteiger partial charge in [0.2, 0.25) is 0 Å². The van der Waals surface area contributed by atoms with Crippen LogP contribution in [0, 0.1) is 5.82 Å². The summed E-state index contributed by atoms with van der Waals surface area (Å²) in [6, 6.07) is 12.7. The van der Waals surface area contributed by atoms with Gasteiger partial charge in [-0.15, -0.1) is 0 Å². The molecule has 158 valence electrons. The summed E-state index contributed by atoms with van der Waals surface area (Å²) in [5.41, 5.74) is 4.26. The molecule has 1 aromatic carbocycles. The summed E-state index contributed by atoms with van der Waals surface area (Å²) in [6.07, 6.45) is 3.89. The molecule has 0 spiro atoms. The molecule has 1 N–H and O–H groups in total. The predicted octanol–water partition coefficient (Wildman–Crippen LogP) is 4.64. The number of likely N-dealkylation sites (tertiary alicyclic amines) is 1. The van der Waals surface area contributed by atoms with Gasteiger partial charge in [-0.05, 0) is 63.3 Å². The van der Waals surface area contributed by atoms with Crippen molar-refractivity contribution in [3.05, 3.63) is 60.2 Å². The number of fused-ring (bicyclic) bond motifs is 1. The second kappa shape index (κ2) is 8.07. The van der Waals surface area contributed by atoms with Crippen molar-refractivity contribution in [2.24, 2.45) is 0 Å². The second-order valence-corrected chi connectivity index (χ2v) is 8.03. The van der Waals surface area contributed by atoms with E-state index in [-0.39, 0.29) is 5.82 Å². The van der Waals surface area contributed by atoms with Crippen LogP contribution in [0.4, 0.5) is 4.39 Å². The summed E-state index contributed by atoms with van der Waals surface area (Å²) in [7, 11) is 3.69. The Morgan fingerprint density at radius 3 is 2.71 bits per heavy atom. The van der Waals surface area contributed by atoms with Crippen LogP contribution in [0.3, 0.4) is 0 Å². The Balaban J connectivity index is 1.56. The zero-order chi connectivity index (χ0) is 21.4. The van der Waals surface area contributed by atoms with Crippen LogP contribution in [-0.2, 0) is 0 Å². The molecule has 0 amide bonds. The Bertz CT molecular complexity index is 1230. The number of benzene rings is 1. The molecule has 4 heterocycles. The molecule has 0 atom stereocenters. The van der Waals surface area contributed by atoms with Gasteiger partial charge in [-0.1, -0.05) is 12.1 Å². The quantitative estimate of drug-likeness (QED) is 0.524. The van der Waals surface area contributed by atoms with Crippen molar-refractivity contribution in [1.29, 1.82) is 0 Å². The average molecular weight is 417 g/mol. The number of H-pyrrole nitrogens is 1. The fraction of sp³-hybridized carbons (Fsp3) is 0.292. The third-order valence-electron chi connectivity index (χ3n) is 6.05. The Morgan fingerprint density at radius 2 is 1.90 bits per heavy atom. The Hall–Kier alpha value is -3.32. The van der Waals surface area contributed by atoms with Crippen molar-refractivity contribution < 1.29 is 9.13 Å². The molecule has 0 bridgehead atoms. The number of piperidine rings is 1. The van der Waals surface area contributed by atoms with E-state index in [2.05, 4.69) is 33.2 Å². The fourth-order valence-electron chi connectivity index (χ4n) is 4.29. The normalized spacial score (nSPS) is 15.5. The van der Waals surface area contributed by atoms with E-state index < -0.39 is 0 Å². The number of aromatic nitrogens is 4. The molecule has 0 aliphatic carbocycles. The number of aromatic amines is 1. The van der Waals surface area contributed by atoms with Gasteiger partial charge in [-0.2, -0.15) is 5.10 Å². The molecule has 4 aromatic rings. The average Bonchev–Trinajstić information content (AvgIpc) is 3.22. The van der Waals surface area contributed by atoms with E-state index >= 15 is 0 Å². The maximum Gasteiger partial charge on any atom is 0.136 e. The molecule has 5 rings (SSSR count). The molecular formula is C24H24FN5O. The highest BCUT2D eigenvalue weighted by Gasteiger charge is 2.21. The van der Waals surface area contributed by atoms with Crippen molar-refractivity contribution in [1.82, 2.24) is 25.1 Å². The van der Waals surface area contributed by atoms with Crippen LogP contribution in [0.2, 0.25) is 0 Å². The highest BCUT2D eigenvalue weighted by atomic mass is 19.1. The first-order valence-electron chi connectivity index (χ1n) is 10.5. The number of methoxy groups -OCH3 is 1. The van der Waals surface area contributed by atoms with Crippen molar-refractivity contribution in [2.45, 2.75) is 18.8 Å². The second-order valence-electron chi connectivity index (χ2n) is 8.03. The number of nitrogens with zero attached hydrogens (tertiary/aromatic N) is 4. The molecule has 0 radical (unpaired) electrons. The summed E-state index contributed by atoms with van der Waals surface area (Å²) in [5.74, 6) is 0.527. The van der Waals surface area contributed by atoms with E-state index in [0.29, 0.717) is 22.9 Å². The van der Waals surface area contributed by atoms with Crippen molar-refractivity contribution in [2.75, 3.05) is 27.2 Å². The minimum atomic E-state index is -0.376. The molecule has 7 heteroatoms. The monoisotopic (exact) mass is 417 g/mol. The van der Waals surface area contributed by atoms with Crippen LogP contribution in [0.25, 0.3) is 33.5 Å². The molecule has 1 fully saturated rings. The summed E-state index contributed by atoms with van der Waals surface area (Å²) in [6.45, 7) is 2.17. The van der Waals surface area contributed by atoms with Gasteiger partial charge in [0.05, 0.1) is 35.8 Å². The topological polar surface area (TPSA) is 66.9 Å². The largest absolute Gasteiger partial charge is 0.496 e. The fourth-order valence-corrected chi connectivity index (χ4v) is 4.29. The minimum Gasteiger partial charge on any atom is -0.496 e. The molecule has 3 aromatic heterocycles. The molecular weight excluding hydrogens is 393 g/mol. The maximum atomic E-state index is 14.6. The van der Waals surface area contributed by atoms with Crippen molar-refractivity contribution in [3.8, 4) is 28.4 Å². The number of pyridine rings is 2. The molecule has 1 aliphatic heterocycles. The van der Waals surface area contributed by atoms with Crippen molar-refractivity contribution in [3.63, 3.8) is 0 Å². The Morgan fingerprint density at radius 1 is 1.10 bits per heavy atom. The van der Waals surface area contributed by atoms with Gasteiger partial charge in [0.1, 0.15) is 17.3 Å². The van der Waals surface area contributed by atoms with Gasteiger partial charge in [0.25, 0.3) is 0 Å². The van der Waals surface area contributed by atoms with E-state index in [1.165, 1.54) is 13.2 Å². The lowest BCUT2D eigenvalue weighted by Gasteiger charge is -2.28. The lowest BCUT2D eigenvalue weighted by atomic mass is 9.93. The maximum absolute atomic E-state index is 14.6. The zero-order valence-electron chi connectivity index (χ0n) is 17.6. The van der Waals surface area contributed by atoms with Gasteiger partial charge < -0.3 is 9.64 Å². The predicted molar refractivity (Wildman–Crippen MR) is 119 cm³/mol.